The quantitative estimate of drug-likeness (QED) is 0.736. The zero-order valence-electron chi connectivity index (χ0n) is 7.92. The monoisotopic (exact) mass is 197 g/mol. The second-order valence-corrected chi connectivity index (χ2v) is 2.76. The minimum absolute atomic E-state index is 0.290. The van der Waals surface area contributed by atoms with Crippen molar-refractivity contribution >= 4 is 5.91 Å². The van der Waals surface area contributed by atoms with Crippen LogP contribution in [-0.4, -0.2) is 26.2 Å². The van der Waals surface area contributed by atoms with Crippen LogP contribution in [0.15, 0.2) is 24.3 Å². The molecule has 0 fully saturated rings. The first-order chi connectivity index (χ1) is 6.74. The van der Waals surface area contributed by atoms with Gasteiger partial charge in [-0.2, -0.15) is 0 Å². The van der Waals surface area contributed by atoms with E-state index >= 15 is 0 Å². The number of rotatable bonds is 4. The summed E-state index contributed by atoms with van der Waals surface area (Å²) in [6.45, 7) is 0.868. The third kappa shape index (κ3) is 3.14. The molecule has 14 heavy (non-hydrogen) atoms. The van der Waals surface area contributed by atoms with Gasteiger partial charge in [0.25, 0.3) is 5.91 Å². The number of methoxy groups -OCH3 is 1. The van der Waals surface area contributed by atoms with Gasteiger partial charge in [-0.1, -0.05) is 6.07 Å². The molecule has 1 aromatic rings. The molecule has 0 bridgehead atoms. The van der Waals surface area contributed by atoms with Gasteiger partial charge in [-0.15, -0.1) is 0 Å². The molecule has 0 saturated heterocycles. The van der Waals surface area contributed by atoms with Crippen molar-refractivity contribution in [3.05, 3.63) is 35.6 Å². The van der Waals surface area contributed by atoms with Crippen molar-refractivity contribution in [1.82, 2.24) is 5.32 Å². The summed E-state index contributed by atoms with van der Waals surface area (Å²) in [4.78, 5) is 11.3. The third-order valence-corrected chi connectivity index (χ3v) is 1.68. The number of hydrogen-bond acceptors (Lipinski definition) is 2. The van der Waals surface area contributed by atoms with Crippen molar-refractivity contribution in [3.63, 3.8) is 0 Å². The number of carbonyl (C=O) groups excluding carboxylic acids is 1. The van der Waals surface area contributed by atoms with E-state index in [1.165, 1.54) is 18.2 Å². The molecule has 1 amide bonds. The zero-order valence-corrected chi connectivity index (χ0v) is 7.92. The molecule has 0 spiro atoms. The molecule has 0 unspecified atom stereocenters. The van der Waals surface area contributed by atoms with Gasteiger partial charge in [0, 0.05) is 19.2 Å². The average Bonchev–Trinajstić information content (AvgIpc) is 2.18. The highest BCUT2D eigenvalue weighted by Crippen LogP contribution is 2.02. The molecule has 0 aliphatic heterocycles. The second kappa shape index (κ2) is 5.34. The lowest BCUT2D eigenvalue weighted by Crippen LogP contribution is -2.26. The molecule has 0 aromatic heterocycles. The van der Waals surface area contributed by atoms with Crippen LogP contribution in [0.2, 0.25) is 0 Å². The van der Waals surface area contributed by atoms with Crippen LogP contribution in [0.3, 0.4) is 0 Å². The van der Waals surface area contributed by atoms with Crippen LogP contribution in [-0.2, 0) is 4.74 Å². The van der Waals surface area contributed by atoms with Gasteiger partial charge < -0.3 is 10.1 Å². The topological polar surface area (TPSA) is 38.3 Å². The lowest BCUT2D eigenvalue weighted by Gasteiger charge is -2.03. The Morgan fingerprint density at radius 3 is 3.00 bits per heavy atom. The predicted octanol–water partition coefficient (Wildman–Crippen LogP) is 1.20. The summed E-state index contributed by atoms with van der Waals surface area (Å²) >= 11 is 0. The maximum Gasteiger partial charge on any atom is 0.251 e. The molecule has 0 atom stereocenters. The number of ether oxygens (including phenoxy) is 1. The fourth-order valence-corrected chi connectivity index (χ4v) is 0.998. The number of halogens is 1. The summed E-state index contributed by atoms with van der Waals surface area (Å²) in [5, 5.41) is 2.60. The van der Waals surface area contributed by atoms with Crippen molar-refractivity contribution in [2.75, 3.05) is 20.3 Å². The summed E-state index contributed by atoms with van der Waals surface area (Å²) in [5.41, 5.74) is 0.320. The fourth-order valence-electron chi connectivity index (χ4n) is 0.998. The number of benzene rings is 1. The van der Waals surface area contributed by atoms with Crippen LogP contribution in [0.4, 0.5) is 4.39 Å². The van der Waals surface area contributed by atoms with Gasteiger partial charge in [0.15, 0.2) is 0 Å². The molecule has 3 nitrogen and oxygen atoms in total. The smallest absolute Gasteiger partial charge is 0.251 e. The van der Waals surface area contributed by atoms with E-state index in [1.54, 1.807) is 13.2 Å². The van der Waals surface area contributed by atoms with Gasteiger partial charge in [-0.05, 0) is 18.2 Å². The van der Waals surface area contributed by atoms with Gasteiger partial charge >= 0.3 is 0 Å². The molecule has 76 valence electrons. The van der Waals surface area contributed by atoms with E-state index in [-0.39, 0.29) is 5.91 Å². The molecule has 1 N–H and O–H groups in total. The van der Waals surface area contributed by atoms with Crippen LogP contribution in [0.5, 0.6) is 0 Å². The highest BCUT2D eigenvalue weighted by molar-refractivity contribution is 5.94. The summed E-state index contributed by atoms with van der Waals surface area (Å²) in [7, 11) is 1.55. The average molecular weight is 197 g/mol. The molecule has 4 heteroatoms. The van der Waals surface area contributed by atoms with E-state index in [2.05, 4.69) is 5.32 Å². The molecular weight excluding hydrogens is 185 g/mol. The largest absolute Gasteiger partial charge is 0.383 e. The highest BCUT2D eigenvalue weighted by Gasteiger charge is 2.04. The molecule has 1 aromatic carbocycles. The summed E-state index contributed by atoms with van der Waals surface area (Å²) < 4.78 is 17.5. The zero-order chi connectivity index (χ0) is 10.4. The maximum atomic E-state index is 12.7. The Balaban J connectivity index is 2.52. The number of carbonyl (C=O) groups is 1. The molecule has 0 heterocycles. The van der Waals surface area contributed by atoms with Crippen LogP contribution in [0.1, 0.15) is 10.4 Å². The molecule has 0 aliphatic carbocycles. The minimum atomic E-state index is -0.413. The third-order valence-electron chi connectivity index (χ3n) is 1.68. The van der Waals surface area contributed by atoms with E-state index in [4.69, 9.17) is 4.74 Å². The van der Waals surface area contributed by atoms with E-state index < -0.39 is 5.82 Å². The van der Waals surface area contributed by atoms with Gasteiger partial charge in [-0.3, -0.25) is 4.79 Å². The van der Waals surface area contributed by atoms with Gasteiger partial charge in [0.05, 0.1) is 6.61 Å². The van der Waals surface area contributed by atoms with Crippen LogP contribution < -0.4 is 5.32 Å². The van der Waals surface area contributed by atoms with Crippen molar-refractivity contribution in [3.8, 4) is 0 Å². The maximum absolute atomic E-state index is 12.7. The molecule has 0 radical (unpaired) electrons. The summed E-state index contributed by atoms with van der Waals surface area (Å²) in [6, 6.07) is 5.56. The second-order valence-electron chi connectivity index (χ2n) is 2.76. The Morgan fingerprint density at radius 1 is 1.57 bits per heavy atom. The molecular formula is C10H12FNO2. The first-order valence-electron chi connectivity index (χ1n) is 4.26. The van der Waals surface area contributed by atoms with Crippen LogP contribution in [0, 0.1) is 5.82 Å². The lowest BCUT2D eigenvalue weighted by molar-refractivity contribution is 0.0936. The Labute approximate surface area is 81.9 Å². The molecule has 1 rings (SSSR count). The Hall–Kier alpha value is -1.42. The van der Waals surface area contributed by atoms with E-state index in [9.17, 15) is 9.18 Å². The standard InChI is InChI=1S/C10H12FNO2/c1-14-6-5-12-10(13)8-3-2-4-9(11)7-8/h2-4,7H,5-6H2,1H3,(H,12,13). The van der Waals surface area contributed by atoms with Crippen molar-refractivity contribution in [2.24, 2.45) is 0 Å². The summed E-state index contributed by atoms with van der Waals surface area (Å²) in [6.07, 6.45) is 0. The normalized spacial score (nSPS) is 9.86. The van der Waals surface area contributed by atoms with Gasteiger partial charge in [0.1, 0.15) is 5.82 Å². The first-order valence-corrected chi connectivity index (χ1v) is 4.26. The highest BCUT2D eigenvalue weighted by atomic mass is 19.1. The van der Waals surface area contributed by atoms with Gasteiger partial charge in [0.2, 0.25) is 0 Å². The van der Waals surface area contributed by atoms with E-state index in [0.29, 0.717) is 18.7 Å². The SMILES string of the molecule is COCCNC(=O)c1cccc(F)c1. The van der Waals surface area contributed by atoms with Gasteiger partial charge in [-0.25, -0.2) is 4.39 Å². The Kier molecular flexibility index (Phi) is 4.07. The number of hydrogen-bond donors (Lipinski definition) is 1. The first kappa shape index (κ1) is 10.7. The Morgan fingerprint density at radius 2 is 2.36 bits per heavy atom. The van der Waals surface area contributed by atoms with E-state index in [1.807, 2.05) is 0 Å². The molecule has 0 saturated carbocycles. The number of nitrogens with one attached hydrogen (secondary N) is 1. The van der Waals surface area contributed by atoms with Crippen molar-refractivity contribution in [1.29, 1.82) is 0 Å². The van der Waals surface area contributed by atoms with E-state index in [0.717, 1.165) is 0 Å². The Bertz CT molecular complexity index is 315. The minimum Gasteiger partial charge on any atom is -0.383 e. The van der Waals surface area contributed by atoms with Crippen molar-refractivity contribution in [2.45, 2.75) is 0 Å². The van der Waals surface area contributed by atoms with Crippen molar-refractivity contribution < 1.29 is 13.9 Å². The predicted molar refractivity (Wildman–Crippen MR) is 50.6 cm³/mol. The fraction of sp³-hybridized carbons (Fsp3) is 0.300. The van der Waals surface area contributed by atoms with Crippen LogP contribution >= 0.6 is 0 Å². The summed E-state index contributed by atoms with van der Waals surface area (Å²) in [5.74, 6) is -0.703. The lowest BCUT2D eigenvalue weighted by atomic mass is 10.2. The van der Waals surface area contributed by atoms with Crippen LogP contribution in [0.25, 0.3) is 0 Å². The number of amides is 1. The molecule has 0 aliphatic rings.